The molecule has 5 heteroatoms. The van der Waals surface area contributed by atoms with Crippen molar-refractivity contribution in [1.82, 2.24) is 4.98 Å². The molecule has 0 amide bonds. The van der Waals surface area contributed by atoms with Crippen LogP contribution in [0.15, 0.2) is 18.3 Å². The van der Waals surface area contributed by atoms with Crippen molar-refractivity contribution < 1.29 is 0 Å². The minimum absolute atomic E-state index is 0.194. The first-order valence-electron chi connectivity index (χ1n) is 2.86. The lowest BCUT2D eigenvalue weighted by molar-refractivity contribution is 1.32. The molecule has 1 aromatic rings. The van der Waals surface area contributed by atoms with Gasteiger partial charge in [-0.15, -0.1) is 0 Å². The summed E-state index contributed by atoms with van der Waals surface area (Å²) in [7, 11) is 0. The van der Waals surface area contributed by atoms with Gasteiger partial charge in [0.15, 0.2) is 5.11 Å². The highest BCUT2D eigenvalue weighted by Crippen LogP contribution is 2.08. The van der Waals surface area contributed by atoms with Gasteiger partial charge in [0.25, 0.3) is 0 Å². The first kappa shape index (κ1) is 8.23. The molecule has 0 spiro atoms. The van der Waals surface area contributed by atoms with Gasteiger partial charge < -0.3 is 11.1 Å². The molecule has 3 N–H and O–H groups in total. The molecule has 0 aliphatic carbocycles. The Hall–Kier alpha value is -0.870. The number of hydrogen-bond donors (Lipinski definition) is 2. The Balaban J connectivity index is 2.74. The summed E-state index contributed by atoms with van der Waals surface area (Å²) in [5.74, 6) is 0.599. The molecule has 0 radical (unpaired) electrons. The number of anilines is 1. The highest BCUT2D eigenvalue weighted by atomic mass is 35.5. The fourth-order valence-corrected chi connectivity index (χ4v) is 0.792. The Labute approximate surface area is 74.6 Å². The molecule has 0 saturated heterocycles. The molecule has 0 aliphatic rings. The molecule has 0 atom stereocenters. The Bertz CT molecular complexity index is 259. The Kier molecular flexibility index (Phi) is 2.62. The van der Waals surface area contributed by atoms with Gasteiger partial charge in [0.2, 0.25) is 0 Å². The van der Waals surface area contributed by atoms with E-state index in [4.69, 9.17) is 17.3 Å². The number of rotatable bonds is 1. The first-order chi connectivity index (χ1) is 5.18. The number of halogens is 1. The topological polar surface area (TPSA) is 50.9 Å². The maximum Gasteiger partial charge on any atom is 0.169 e. The second kappa shape index (κ2) is 3.50. The Morgan fingerprint density at radius 2 is 2.36 bits per heavy atom. The largest absolute Gasteiger partial charge is 0.376 e. The SMILES string of the molecule is NC(=S)Nc1ccc(Cl)cn1. The number of hydrogen-bond acceptors (Lipinski definition) is 2. The van der Waals surface area contributed by atoms with Crippen molar-refractivity contribution in [1.29, 1.82) is 0 Å². The monoisotopic (exact) mass is 187 g/mol. The summed E-state index contributed by atoms with van der Waals surface area (Å²) in [6.45, 7) is 0. The lowest BCUT2D eigenvalue weighted by Crippen LogP contribution is -2.19. The van der Waals surface area contributed by atoms with E-state index in [2.05, 4.69) is 22.5 Å². The highest BCUT2D eigenvalue weighted by Gasteiger charge is 1.92. The quantitative estimate of drug-likeness (QED) is 0.653. The smallest absolute Gasteiger partial charge is 0.169 e. The van der Waals surface area contributed by atoms with Gasteiger partial charge in [-0.2, -0.15) is 0 Å². The third-order valence-electron chi connectivity index (χ3n) is 0.979. The zero-order chi connectivity index (χ0) is 8.27. The Morgan fingerprint density at radius 3 is 2.82 bits per heavy atom. The number of aromatic nitrogens is 1. The second-order valence-corrected chi connectivity index (χ2v) is 2.73. The maximum absolute atomic E-state index is 5.59. The van der Waals surface area contributed by atoms with Crippen LogP contribution in [0, 0.1) is 0 Å². The summed E-state index contributed by atoms with van der Waals surface area (Å²) in [5, 5.41) is 3.45. The molecule has 0 saturated carbocycles. The third-order valence-corrected chi connectivity index (χ3v) is 1.30. The number of nitrogens with two attached hydrogens (primary N) is 1. The molecular weight excluding hydrogens is 182 g/mol. The van der Waals surface area contributed by atoms with Crippen molar-refractivity contribution in [3.8, 4) is 0 Å². The first-order valence-corrected chi connectivity index (χ1v) is 3.65. The predicted octanol–water partition coefficient (Wildman–Crippen LogP) is 1.39. The predicted molar refractivity (Wildman–Crippen MR) is 49.7 cm³/mol. The van der Waals surface area contributed by atoms with E-state index < -0.39 is 0 Å². The van der Waals surface area contributed by atoms with Gasteiger partial charge in [0, 0.05) is 6.20 Å². The lowest BCUT2D eigenvalue weighted by Gasteiger charge is -2.00. The van der Waals surface area contributed by atoms with Gasteiger partial charge in [0.1, 0.15) is 5.82 Å². The molecule has 3 nitrogen and oxygen atoms in total. The fourth-order valence-electron chi connectivity index (χ4n) is 0.576. The van der Waals surface area contributed by atoms with E-state index in [0.29, 0.717) is 10.8 Å². The molecule has 0 unspecified atom stereocenters. The van der Waals surface area contributed by atoms with E-state index in [0.717, 1.165) is 0 Å². The van der Waals surface area contributed by atoms with E-state index >= 15 is 0 Å². The van der Waals surface area contributed by atoms with Gasteiger partial charge in [-0.05, 0) is 24.4 Å². The fraction of sp³-hybridized carbons (Fsp3) is 0. The minimum Gasteiger partial charge on any atom is -0.376 e. The van der Waals surface area contributed by atoms with Gasteiger partial charge in [-0.3, -0.25) is 0 Å². The number of nitrogens with one attached hydrogen (secondary N) is 1. The summed E-state index contributed by atoms with van der Waals surface area (Å²) in [6, 6.07) is 3.40. The third kappa shape index (κ3) is 2.69. The van der Waals surface area contributed by atoms with Crippen LogP contribution in [0.2, 0.25) is 5.02 Å². The molecule has 0 aromatic carbocycles. The van der Waals surface area contributed by atoms with Crippen LogP contribution in [0.5, 0.6) is 0 Å². The molecule has 0 bridgehead atoms. The second-order valence-electron chi connectivity index (χ2n) is 1.85. The van der Waals surface area contributed by atoms with Gasteiger partial charge in [-0.1, -0.05) is 11.6 Å². The zero-order valence-electron chi connectivity index (χ0n) is 5.54. The molecule has 58 valence electrons. The highest BCUT2D eigenvalue weighted by molar-refractivity contribution is 7.80. The summed E-state index contributed by atoms with van der Waals surface area (Å²) in [4.78, 5) is 3.91. The molecule has 11 heavy (non-hydrogen) atoms. The van der Waals surface area contributed by atoms with E-state index in [1.54, 1.807) is 12.1 Å². The van der Waals surface area contributed by atoms with Crippen LogP contribution < -0.4 is 11.1 Å². The molecule has 0 fully saturated rings. The molecular formula is C6H6ClN3S. The number of pyridine rings is 1. The molecule has 0 aliphatic heterocycles. The number of thiocarbonyl (C=S) groups is 1. The molecule has 1 heterocycles. The van der Waals surface area contributed by atoms with Crippen LogP contribution in [0.3, 0.4) is 0 Å². The normalized spacial score (nSPS) is 9.18. The summed E-state index contributed by atoms with van der Waals surface area (Å²) in [5.41, 5.74) is 5.21. The summed E-state index contributed by atoms with van der Waals surface area (Å²) < 4.78 is 0. The van der Waals surface area contributed by atoms with Crippen molar-refractivity contribution in [3.63, 3.8) is 0 Å². The van der Waals surface area contributed by atoms with E-state index in [1.165, 1.54) is 6.20 Å². The molecule has 1 aromatic heterocycles. The van der Waals surface area contributed by atoms with Crippen molar-refractivity contribution >= 4 is 34.7 Å². The summed E-state index contributed by atoms with van der Waals surface area (Å²) >= 11 is 10.2. The summed E-state index contributed by atoms with van der Waals surface area (Å²) in [6.07, 6.45) is 1.52. The van der Waals surface area contributed by atoms with Gasteiger partial charge >= 0.3 is 0 Å². The average molecular weight is 188 g/mol. The maximum atomic E-state index is 5.59. The number of nitrogens with zero attached hydrogens (tertiary/aromatic N) is 1. The minimum atomic E-state index is 0.194. The van der Waals surface area contributed by atoms with Crippen molar-refractivity contribution in [3.05, 3.63) is 23.4 Å². The lowest BCUT2D eigenvalue weighted by atomic mass is 10.5. The van der Waals surface area contributed by atoms with E-state index in [-0.39, 0.29) is 5.11 Å². The van der Waals surface area contributed by atoms with E-state index in [1.807, 2.05) is 0 Å². The van der Waals surface area contributed by atoms with Crippen LogP contribution in [0.25, 0.3) is 0 Å². The Morgan fingerprint density at radius 1 is 1.64 bits per heavy atom. The van der Waals surface area contributed by atoms with Crippen LogP contribution >= 0.6 is 23.8 Å². The van der Waals surface area contributed by atoms with Crippen LogP contribution in [0.4, 0.5) is 5.82 Å². The van der Waals surface area contributed by atoms with E-state index in [9.17, 15) is 0 Å². The standard InChI is InChI=1S/C6H6ClN3S/c7-4-1-2-5(9-3-4)10-6(8)11/h1-3H,(H3,8,9,10,11). The van der Waals surface area contributed by atoms with Crippen molar-refractivity contribution in [2.75, 3.05) is 5.32 Å². The van der Waals surface area contributed by atoms with Crippen LogP contribution in [-0.2, 0) is 0 Å². The van der Waals surface area contributed by atoms with Crippen LogP contribution in [-0.4, -0.2) is 10.1 Å². The van der Waals surface area contributed by atoms with Gasteiger partial charge in [-0.25, -0.2) is 4.98 Å². The molecule has 1 rings (SSSR count). The average Bonchev–Trinajstić information content (AvgIpc) is 1.93. The van der Waals surface area contributed by atoms with Crippen LogP contribution in [0.1, 0.15) is 0 Å². The van der Waals surface area contributed by atoms with Crippen molar-refractivity contribution in [2.45, 2.75) is 0 Å². The van der Waals surface area contributed by atoms with Gasteiger partial charge in [0.05, 0.1) is 5.02 Å². The van der Waals surface area contributed by atoms with Crippen molar-refractivity contribution in [2.24, 2.45) is 5.73 Å². The zero-order valence-corrected chi connectivity index (χ0v) is 7.12.